The molecule has 0 saturated heterocycles. The van der Waals surface area contributed by atoms with E-state index in [1.807, 2.05) is 0 Å². The summed E-state index contributed by atoms with van der Waals surface area (Å²) in [4.78, 5) is 14.9. The zero-order chi connectivity index (χ0) is 21.6. The van der Waals surface area contributed by atoms with E-state index in [4.69, 9.17) is 4.74 Å². The molecular weight excluding hydrogens is 381 g/mol. The average Bonchev–Trinajstić information content (AvgIpc) is 2.64. The Hall–Kier alpha value is -2.54. The molecule has 1 amide bonds. The van der Waals surface area contributed by atoms with Gasteiger partial charge in [0, 0.05) is 24.3 Å². The van der Waals surface area contributed by atoms with Crippen LogP contribution in [0.25, 0.3) is 0 Å². The second-order valence-electron chi connectivity index (χ2n) is 7.30. The number of para-hydroxylation sites is 1. The van der Waals surface area contributed by atoms with Crippen LogP contribution in [-0.4, -0.2) is 36.0 Å². The number of anilines is 1. The van der Waals surface area contributed by atoms with E-state index >= 15 is 0 Å². The molecule has 0 radical (unpaired) electrons. The molecule has 4 nitrogen and oxygen atoms in total. The topological polar surface area (TPSA) is 41.6 Å². The molecule has 2 rings (SSSR count). The van der Waals surface area contributed by atoms with Crippen LogP contribution in [-0.2, 0) is 6.18 Å². The monoisotopic (exact) mass is 408 g/mol. The van der Waals surface area contributed by atoms with E-state index in [0.29, 0.717) is 31.0 Å². The van der Waals surface area contributed by atoms with Crippen molar-refractivity contribution in [2.75, 3.05) is 18.5 Å². The first-order valence-corrected chi connectivity index (χ1v) is 9.55. The van der Waals surface area contributed by atoms with Crippen LogP contribution in [0.15, 0.2) is 48.5 Å². The smallest absolute Gasteiger partial charge is 0.416 e. The van der Waals surface area contributed by atoms with Gasteiger partial charge in [0.15, 0.2) is 0 Å². The lowest BCUT2D eigenvalue weighted by molar-refractivity contribution is -0.137. The highest BCUT2D eigenvalue weighted by molar-refractivity contribution is 6.06. The third-order valence-electron chi connectivity index (χ3n) is 4.51. The Balaban J connectivity index is 2.09. The van der Waals surface area contributed by atoms with E-state index in [1.165, 1.54) is 12.1 Å². The Morgan fingerprint density at radius 2 is 1.69 bits per heavy atom. The Labute approximate surface area is 169 Å². The van der Waals surface area contributed by atoms with Gasteiger partial charge in [-0.1, -0.05) is 18.2 Å². The van der Waals surface area contributed by atoms with Crippen LogP contribution in [0.3, 0.4) is 0 Å². The molecule has 0 spiro atoms. The second kappa shape index (κ2) is 9.78. The summed E-state index contributed by atoms with van der Waals surface area (Å²) in [6.45, 7) is 9.52. The van der Waals surface area contributed by atoms with Gasteiger partial charge in [-0.05, 0) is 58.0 Å². The van der Waals surface area contributed by atoms with E-state index in [0.717, 1.165) is 12.1 Å². The molecule has 0 heterocycles. The third-order valence-corrected chi connectivity index (χ3v) is 4.51. The Morgan fingerprint density at radius 1 is 1.03 bits per heavy atom. The molecule has 0 aliphatic rings. The molecule has 0 fully saturated rings. The number of benzene rings is 2. The fourth-order valence-corrected chi connectivity index (χ4v) is 3.13. The minimum Gasteiger partial charge on any atom is -0.491 e. The summed E-state index contributed by atoms with van der Waals surface area (Å²) in [7, 11) is 0. The summed E-state index contributed by atoms with van der Waals surface area (Å²) in [6, 6.07) is 12.0. The lowest BCUT2D eigenvalue weighted by atomic mass is 10.1. The number of carbonyl (C=O) groups excluding carboxylic acids is 1. The van der Waals surface area contributed by atoms with Crippen molar-refractivity contribution in [1.82, 2.24) is 4.90 Å². The zero-order valence-electron chi connectivity index (χ0n) is 17.1. The number of carbonyl (C=O) groups is 1. The maximum atomic E-state index is 12.9. The highest BCUT2D eigenvalue weighted by Gasteiger charge is 2.30. The van der Waals surface area contributed by atoms with E-state index in [-0.39, 0.29) is 11.3 Å². The molecule has 2 aromatic carbocycles. The van der Waals surface area contributed by atoms with Gasteiger partial charge in [-0.25, -0.2) is 0 Å². The van der Waals surface area contributed by atoms with Crippen molar-refractivity contribution in [2.45, 2.75) is 46.0 Å². The quantitative estimate of drug-likeness (QED) is 0.631. The molecule has 0 aromatic heterocycles. The Bertz CT molecular complexity index is 812. The number of alkyl halides is 3. The SMILES string of the molecule is CC(C)N(CCOc1ccccc1C(=O)Nc1cccc(C(F)(F)F)c1)C(C)C. The maximum Gasteiger partial charge on any atom is 0.416 e. The van der Waals surface area contributed by atoms with E-state index < -0.39 is 17.6 Å². The van der Waals surface area contributed by atoms with Crippen LogP contribution in [0.1, 0.15) is 43.6 Å². The molecule has 7 heteroatoms. The fourth-order valence-electron chi connectivity index (χ4n) is 3.13. The zero-order valence-corrected chi connectivity index (χ0v) is 17.1. The normalized spacial score (nSPS) is 11.9. The van der Waals surface area contributed by atoms with Gasteiger partial charge in [0.1, 0.15) is 12.4 Å². The largest absolute Gasteiger partial charge is 0.491 e. The molecular formula is C22H27F3N2O2. The Morgan fingerprint density at radius 3 is 2.31 bits per heavy atom. The molecule has 0 bridgehead atoms. The predicted octanol–water partition coefficient (Wildman–Crippen LogP) is 5.46. The highest BCUT2D eigenvalue weighted by atomic mass is 19.4. The van der Waals surface area contributed by atoms with Crippen LogP contribution >= 0.6 is 0 Å². The van der Waals surface area contributed by atoms with Gasteiger partial charge in [-0.3, -0.25) is 9.69 Å². The first-order chi connectivity index (χ1) is 13.6. The summed E-state index contributed by atoms with van der Waals surface area (Å²) < 4.78 is 44.4. The average molecular weight is 408 g/mol. The van der Waals surface area contributed by atoms with Crippen molar-refractivity contribution in [2.24, 2.45) is 0 Å². The maximum absolute atomic E-state index is 12.9. The van der Waals surface area contributed by atoms with Crippen LogP contribution in [0, 0.1) is 0 Å². The van der Waals surface area contributed by atoms with Gasteiger partial charge in [0.05, 0.1) is 11.1 Å². The van der Waals surface area contributed by atoms with Crippen LogP contribution in [0.4, 0.5) is 18.9 Å². The highest BCUT2D eigenvalue weighted by Crippen LogP contribution is 2.31. The summed E-state index contributed by atoms with van der Waals surface area (Å²) in [5.41, 5.74) is -0.474. The second-order valence-corrected chi connectivity index (χ2v) is 7.30. The number of rotatable bonds is 8. The summed E-state index contributed by atoms with van der Waals surface area (Å²) in [5.74, 6) is -0.131. The Kier molecular flexibility index (Phi) is 7.67. The van der Waals surface area contributed by atoms with Crippen molar-refractivity contribution in [3.63, 3.8) is 0 Å². The van der Waals surface area contributed by atoms with Gasteiger partial charge in [0.25, 0.3) is 5.91 Å². The number of hydrogen-bond donors (Lipinski definition) is 1. The van der Waals surface area contributed by atoms with Gasteiger partial charge in [-0.15, -0.1) is 0 Å². The molecule has 0 saturated carbocycles. The molecule has 0 aliphatic heterocycles. The summed E-state index contributed by atoms with van der Waals surface area (Å²) in [6.07, 6.45) is -4.47. The first-order valence-electron chi connectivity index (χ1n) is 9.55. The van der Waals surface area contributed by atoms with Gasteiger partial charge < -0.3 is 10.1 Å². The number of nitrogens with zero attached hydrogens (tertiary/aromatic N) is 1. The molecule has 0 atom stereocenters. The minimum atomic E-state index is -4.47. The van der Waals surface area contributed by atoms with E-state index in [1.54, 1.807) is 24.3 Å². The molecule has 0 aliphatic carbocycles. The number of amides is 1. The molecule has 158 valence electrons. The molecule has 0 unspecified atom stereocenters. The molecule has 29 heavy (non-hydrogen) atoms. The minimum absolute atomic E-state index is 0.0745. The first kappa shape index (κ1) is 22.7. The van der Waals surface area contributed by atoms with Gasteiger partial charge >= 0.3 is 6.18 Å². The van der Waals surface area contributed by atoms with Crippen molar-refractivity contribution in [1.29, 1.82) is 0 Å². The van der Waals surface area contributed by atoms with Crippen LogP contribution in [0.2, 0.25) is 0 Å². The molecule has 1 N–H and O–H groups in total. The van der Waals surface area contributed by atoms with Crippen molar-refractivity contribution in [3.05, 3.63) is 59.7 Å². The summed E-state index contributed by atoms with van der Waals surface area (Å²) >= 11 is 0. The van der Waals surface area contributed by atoms with Crippen molar-refractivity contribution < 1.29 is 22.7 Å². The van der Waals surface area contributed by atoms with Crippen LogP contribution < -0.4 is 10.1 Å². The van der Waals surface area contributed by atoms with Crippen molar-refractivity contribution in [3.8, 4) is 5.75 Å². The van der Waals surface area contributed by atoms with E-state index in [9.17, 15) is 18.0 Å². The lowest BCUT2D eigenvalue weighted by Gasteiger charge is -2.30. The number of halogens is 3. The van der Waals surface area contributed by atoms with E-state index in [2.05, 4.69) is 37.9 Å². The summed E-state index contributed by atoms with van der Waals surface area (Å²) in [5, 5.41) is 2.52. The number of ether oxygens (including phenoxy) is 1. The third kappa shape index (κ3) is 6.49. The number of nitrogens with one attached hydrogen (secondary N) is 1. The fraction of sp³-hybridized carbons (Fsp3) is 0.409. The van der Waals surface area contributed by atoms with Crippen LogP contribution in [0.5, 0.6) is 5.75 Å². The standard InChI is InChI=1S/C22H27F3N2O2/c1-15(2)27(16(3)4)12-13-29-20-11-6-5-10-19(20)21(28)26-18-9-7-8-17(14-18)22(23,24)25/h5-11,14-16H,12-13H2,1-4H3,(H,26,28). The molecule has 2 aromatic rings. The van der Waals surface area contributed by atoms with Gasteiger partial charge in [0.2, 0.25) is 0 Å². The predicted molar refractivity (Wildman–Crippen MR) is 108 cm³/mol. The number of hydrogen-bond acceptors (Lipinski definition) is 3. The van der Waals surface area contributed by atoms with Crippen molar-refractivity contribution >= 4 is 11.6 Å². The van der Waals surface area contributed by atoms with Gasteiger partial charge in [-0.2, -0.15) is 13.2 Å². The lowest BCUT2D eigenvalue weighted by Crippen LogP contribution is -2.39.